The highest BCUT2D eigenvalue weighted by molar-refractivity contribution is 6.07. The molecule has 168 valence electrons. The quantitative estimate of drug-likeness (QED) is 0.718. The van der Waals surface area contributed by atoms with Gasteiger partial charge in [0.1, 0.15) is 6.54 Å². The predicted molar refractivity (Wildman–Crippen MR) is 120 cm³/mol. The molecule has 1 fully saturated rings. The Balaban J connectivity index is 1.47. The molecule has 0 spiro atoms. The normalized spacial score (nSPS) is 21.8. The molecule has 33 heavy (non-hydrogen) atoms. The third kappa shape index (κ3) is 2.95. The molecule has 2 atom stereocenters. The Hall–Kier alpha value is -3.74. The van der Waals surface area contributed by atoms with Crippen LogP contribution in [0.25, 0.3) is 5.57 Å². The molecule has 1 aliphatic carbocycles. The molecule has 0 bridgehead atoms. The molecule has 3 aliphatic heterocycles. The van der Waals surface area contributed by atoms with E-state index in [1.165, 1.54) is 10.5 Å². The first-order valence-corrected chi connectivity index (χ1v) is 11.3. The second-order valence-corrected chi connectivity index (χ2v) is 8.69. The van der Waals surface area contributed by atoms with Crippen LogP contribution in [0.3, 0.4) is 0 Å². The van der Waals surface area contributed by atoms with Gasteiger partial charge in [0.25, 0.3) is 5.91 Å². The van der Waals surface area contributed by atoms with Crippen LogP contribution in [0.2, 0.25) is 0 Å². The van der Waals surface area contributed by atoms with E-state index in [-0.39, 0.29) is 31.2 Å². The van der Waals surface area contributed by atoms with E-state index in [0.717, 1.165) is 29.5 Å². The zero-order valence-corrected chi connectivity index (χ0v) is 18.5. The molecule has 4 aliphatic rings. The molecular formula is C26H24N2O5. The van der Waals surface area contributed by atoms with E-state index in [9.17, 15) is 9.59 Å². The first-order chi connectivity index (χ1) is 16.1. The van der Waals surface area contributed by atoms with Crippen molar-refractivity contribution in [2.45, 2.75) is 39.0 Å². The SMILES string of the molecule is CCC(C)N1CC(=O)N2C(=C(C3=CCc4ccccc43)OC2c2ccc3c(c2)OCO3)C1=O. The first kappa shape index (κ1) is 19.9. The van der Waals surface area contributed by atoms with Crippen LogP contribution in [0.15, 0.2) is 60.0 Å². The zero-order valence-electron chi connectivity index (χ0n) is 18.5. The summed E-state index contributed by atoms with van der Waals surface area (Å²) in [6, 6.07) is 13.5. The lowest BCUT2D eigenvalue weighted by Gasteiger charge is -2.37. The van der Waals surface area contributed by atoms with Crippen molar-refractivity contribution in [2.24, 2.45) is 0 Å². The summed E-state index contributed by atoms with van der Waals surface area (Å²) in [7, 11) is 0. The van der Waals surface area contributed by atoms with Gasteiger partial charge in [-0.3, -0.25) is 14.5 Å². The van der Waals surface area contributed by atoms with Gasteiger partial charge in [0, 0.05) is 17.2 Å². The van der Waals surface area contributed by atoms with Crippen LogP contribution in [0.4, 0.5) is 0 Å². The largest absolute Gasteiger partial charge is 0.463 e. The van der Waals surface area contributed by atoms with Gasteiger partial charge in [0.2, 0.25) is 18.9 Å². The molecular weight excluding hydrogens is 420 g/mol. The molecule has 6 rings (SSSR count). The van der Waals surface area contributed by atoms with Gasteiger partial charge in [0.15, 0.2) is 23.0 Å². The number of piperazine rings is 1. The van der Waals surface area contributed by atoms with Gasteiger partial charge < -0.3 is 19.1 Å². The van der Waals surface area contributed by atoms with Crippen LogP contribution in [0.1, 0.15) is 43.2 Å². The molecule has 0 saturated carbocycles. The minimum absolute atomic E-state index is 0.0324. The lowest BCUT2D eigenvalue weighted by Crippen LogP contribution is -2.54. The summed E-state index contributed by atoms with van der Waals surface area (Å²) in [5.74, 6) is 1.39. The number of hydrogen-bond acceptors (Lipinski definition) is 5. The molecule has 2 aromatic rings. The smallest absolute Gasteiger partial charge is 0.275 e. The lowest BCUT2D eigenvalue weighted by atomic mass is 10.0. The van der Waals surface area contributed by atoms with Crippen LogP contribution in [0, 0.1) is 0 Å². The molecule has 2 aromatic carbocycles. The van der Waals surface area contributed by atoms with Crippen LogP contribution in [0.5, 0.6) is 11.5 Å². The highest BCUT2D eigenvalue weighted by atomic mass is 16.7. The van der Waals surface area contributed by atoms with Crippen molar-refractivity contribution >= 4 is 17.4 Å². The number of carbonyl (C=O) groups excluding carboxylic acids is 2. The fourth-order valence-electron chi connectivity index (χ4n) is 4.88. The molecule has 0 N–H and O–H groups in total. The van der Waals surface area contributed by atoms with E-state index in [2.05, 4.69) is 12.1 Å². The maximum Gasteiger partial charge on any atom is 0.275 e. The minimum atomic E-state index is -0.742. The van der Waals surface area contributed by atoms with Gasteiger partial charge in [-0.15, -0.1) is 0 Å². The van der Waals surface area contributed by atoms with Crippen molar-refractivity contribution in [1.29, 1.82) is 0 Å². The fraction of sp³-hybridized carbons (Fsp3) is 0.308. The Morgan fingerprint density at radius 1 is 1.09 bits per heavy atom. The van der Waals surface area contributed by atoms with Crippen LogP contribution >= 0.6 is 0 Å². The summed E-state index contributed by atoms with van der Waals surface area (Å²) in [4.78, 5) is 30.3. The summed E-state index contributed by atoms with van der Waals surface area (Å²) < 4.78 is 17.4. The van der Waals surface area contributed by atoms with E-state index < -0.39 is 6.23 Å². The van der Waals surface area contributed by atoms with Crippen molar-refractivity contribution in [3.63, 3.8) is 0 Å². The Morgan fingerprint density at radius 3 is 2.76 bits per heavy atom. The predicted octanol–water partition coefficient (Wildman–Crippen LogP) is 3.76. The highest BCUT2D eigenvalue weighted by Crippen LogP contribution is 2.48. The van der Waals surface area contributed by atoms with E-state index >= 15 is 0 Å². The number of allylic oxidation sites excluding steroid dienone is 2. The molecule has 2 amide bonds. The van der Waals surface area contributed by atoms with Crippen LogP contribution < -0.4 is 9.47 Å². The van der Waals surface area contributed by atoms with Crippen LogP contribution in [-0.4, -0.2) is 41.0 Å². The Bertz CT molecular complexity index is 1250. The number of amides is 2. The van der Waals surface area contributed by atoms with E-state index in [4.69, 9.17) is 14.2 Å². The maximum atomic E-state index is 13.7. The van der Waals surface area contributed by atoms with Gasteiger partial charge in [-0.1, -0.05) is 37.3 Å². The van der Waals surface area contributed by atoms with E-state index in [1.54, 1.807) is 4.90 Å². The monoisotopic (exact) mass is 444 g/mol. The lowest BCUT2D eigenvalue weighted by molar-refractivity contribution is -0.151. The van der Waals surface area contributed by atoms with Crippen molar-refractivity contribution in [2.75, 3.05) is 13.3 Å². The maximum absolute atomic E-state index is 13.7. The van der Waals surface area contributed by atoms with Crippen molar-refractivity contribution in [3.05, 3.63) is 76.7 Å². The Labute approximate surface area is 191 Å². The number of benzene rings is 2. The van der Waals surface area contributed by atoms with Crippen molar-refractivity contribution in [1.82, 2.24) is 9.80 Å². The first-order valence-electron chi connectivity index (χ1n) is 11.3. The highest BCUT2D eigenvalue weighted by Gasteiger charge is 2.49. The average Bonchev–Trinajstić information content (AvgIpc) is 3.56. The molecule has 0 radical (unpaired) electrons. The van der Waals surface area contributed by atoms with Gasteiger partial charge >= 0.3 is 0 Å². The number of carbonyl (C=O) groups is 2. The molecule has 3 heterocycles. The summed E-state index contributed by atoms with van der Waals surface area (Å²) in [6.45, 7) is 4.18. The van der Waals surface area contributed by atoms with Gasteiger partial charge in [-0.2, -0.15) is 0 Å². The number of hydrogen-bond donors (Lipinski definition) is 0. The van der Waals surface area contributed by atoms with Crippen molar-refractivity contribution < 1.29 is 23.8 Å². The summed E-state index contributed by atoms with van der Waals surface area (Å²) in [5.41, 5.74) is 4.12. The van der Waals surface area contributed by atoms with Gasteiger partial charge in [0.05, 0.1) is 0 Å². The zero-order chi connectivity index (χ0) is 22.7. The van der Waals surface area contributed by atoms with Crippen LogP contribution in [-0.2, 0) is 20.7 Å². The van der Waals surface area contributed by atoms with E-state index in [1.807, 2.05) is 50.2 Å². The Kier molecular flexibility index (Phi) is 4.47. The fourth-order valence-corrected chi connectivity index (χ4v) is 4.88. The number of rotatable bonds is 4. The summed E-state index contributed by atoms with van der Waals surface area (Å²) >= 11 is 0. The third-order valence-electron chi connectivity index (χ3n) is 6.84. The van der Waals surface area contributed by atoms with E-state index in [0.29, 0.717) is 23.0 Å². The molecule has 7 nitrogen and oxygen atoms in total. The molecule has 7 heteroatoms. The molecule has 0 aromatic heterocycles. The number of nitrogens with zero attached hydrogens (tertiary/aromatic N) is 2. The summed E-state index contributed by atoms with van der Waals surface area (Å²) in [5, 5.41) is 0. The standard InChI is InChI=1S/C26H24N2O5/c1-3-15(2)27-13-22(29)28-23(25(27)30)24(19-10-8-16-6-4-5-7-18(16)19)33-26(28)17-9-11-20-21(12-17)32-14-31-20/h4-7,9-12,15,26H,3,8,13-14H2,1-2H3. The Morgan fingerprint density at radius 2 is 1.91 bits per heavy atom. The minimum Gasteiger partial charge on any atom is -0.463 e. The number of fused-ring (bicyclic) bond motifs is 3. The molecule has 2 unspecified atom stereocenters. The second kappa shape index (κ2) is 7.40. The summed E-state index contributed by atoms with van der Waals surface area (Å²) in [6.07, 6.45) is 2.86. The van der Waals surface area contributed by atoms with Gasteiger partial charge in [-0.05, 0) is 49.1 Å². The third-order valence-corrected chi connectivity index (χ3v) is 6.84. The van der Waals surface area contributed by atoms with Crippen molar-refractivity contribution in [3.8, 4) is 11.5 Å². The van der Waals surface area contributed by atoms with Gasteiger partial charge in [-0.25, -0.2) is 0 Å². The topological polar surface area (TPSA) is 68.3 Å². The average molecular weight is 444 g/mol. The second-order valence-electron chi connectivity index (χ2n) is 8.69. The number of ether oxygens (including phenoxy) is 3. The molecule has 1 saturated heterocycles.